The van der Waals surface area contributed by atoms with Gasteiger partial charge < -0.3 is 15.7 Å². The SMILES string of the molecule is OC1CCC(Nc2cc(NCc3ccccc3)ccn2)CC1. The van der Waals surface area contributed by atoms with Crippen molar-refractivity contribution in [2.75, 3.05) is 10.6 Å². The lowest BCUT2D eigenvalue weighted by Gasteiger charge is -2.26. The van der Waals surface area contributed by atoms with Gasteiger partial charge in [-0.3, -0.25) is 0 Å². The molecule has 1 aliphatic carbocycles. The summed E-state index contributed by atoms with van der Waals surface area (Å²) in [7, 11) is 0. The lowest BCUT2D eigenvalue weighted by molar-refractivity contribution is 0.126. The Balaban J connectivity index is 1.55. The van der Waals surface area contributed by atoms with Gasteiger partial charge in [0.05, 0.1) is 6.10 Å². The van der Waals surface area contributed by atoms with E-state index in [1.54, 1.807) is 0 Å². The quantitative estimate of drug-likeness (QED) is 0.791. The Kier molecular flexibility index (Phi) is 4.91. The van der Waals surface area contributed by atoms with Crippen LogP contribution in [-0.4, -0.2) is 22.2 Å². The summed E-state index contributed by atoms with van der Waals surface area (Å²) < 4.78 is 0. The fraction of sp³-hybridized carbons (Fsp3) is 0.389. The van der Waals surface area contributed by atoms with Gasteiger partial charge in [0.2, 0.25) is 0 Å². The van der Waals surface area contributed by atoms with Gasteiger partial charge in [-0.1, -0.05) is 30.3 Å². The Morgan fingerprint density at radius 3 is 2.59 bits per heavy atom. The molecule has 0 spiro atoms. The second-order valence-corrected chi connectivity index (χ2v) is 5.92. The Bertz CT molecular complexity index is 580. The van der Waals surface area contributed by atoms with Crippen molar-refractivity contribution < 1.29 is 5.11 Å². The Labute approximate surface area is 131 Å². The topological polar surface area (TPSA) is 57.2 Å². The maximum Gasteiger partial charge on any atom is 0.128 e. The number of hydrogen-bond donors (Lipinski definition) is 3. The van der Waals surface area contributed by atoms with E-state index in [2.05, 4.69) is 27.8 Å². The first-order valence-corrected chi connectivity index (χ1v) is 7.98. The molecule has 0 atom stereocenters. The smallest absolute Gasteiger partial charge is 0.128 e. The predicted molar refractivity (Wildman–Crippen MR) is 89.9 cm³/mol. The van der Waals surface area contributed by atoms with Crippen LogP contribution in [0.5, 0.6) is 0 Å². The maximum atomic E-state index is 9.56. The van der Waals surface area contributed by atoms with Gasteiger partial charge in [-0.2, -0.15) is 0 Å². The van der Waals surface area contributed by atoms with Crippen molar-refractivity contribution in [2.24, 2.45) is 0 Å². The van der Waals surface area contributed by atoms with E-state index in [0.29, 0.717) is 6.04 Å². The van der Waals surface area contributed by atoms with Crippen molar-refractivity contribution in [3.63, 3.8) is 0 Å². The Morgan fingerprint density at radius 2 is 1.82 bits per heavy atom. The lowest BCUT2D eigenvalue weighted by Crippen LogP contribution is -2.28. The number of aliphatic hydroxyl groups excluding tert-OH is 1. The highest BCUT2D eigenvalue weighted by Crippen LogP contribution is 2.22. The molecule has 0 saturated heterocycles. The number of hydrogen-bond acceptors (Lipinski definition) is 4. The van der Waals surface area contributed by atoms with Gasteiger partial charge in [0.25, 0.3) is 0 Å². The summed E-state index contributed by atoms with van der Waals surface area (Å²) in [5.41, 5.74) is 2.33. The molecule has 3 N–H and O–H groups in total. The van der Waals surface area contributed by atoms with Gasteiger partial charge in [-0.25, -0.2) is 4.98 Å². The van der Waals surface area contributed by atoms with E-state index >= 15 is 0 Å². The lowest BCUT2D eigenvalue weighted by atomic mass is 9.93. The van der Waals surface area contributed by atoms with Crippen LogP contribution in [0.4, 0.5) is 11.5 Å². The van der Waals surface area contributed by atoms with E-state index in [1.165, 1.54) is 5.56 Å². The number of pyridine rings is 1. The first-order chi connectivity index (χ1) is 10.8. The predicted octanol–water partition coefficient (Wildman–Crippen LogP) is 3.41. The van der Waals surface area contributed by atoms with Crippen LogP contribution in [-0.2, 0) is 6.54 Å². The molecule has 4 nitrogen and oxygen atoms in total. The van der Waals surface area contributed by atoms with Crippen molar-refractivity contribution in [2.45, 2.75) is 44.4 Å². The van der Waals surface area contributed by atoms with Crippen LogP contribution in [0.25, 0.3) is 0 Å². The highest BCUT2D eigenvalue weighted by molar-refractivity contribution is 5.52. The van der Waals surface area contributed by atoms with Gasteiger partial charge in [0.15, 0.2) is 0 Å². The van der Waals surface area contributed by atoms with Crippen LogP contribution in [0, 0.1) is 0 Å². The van der Waals surface area contributed by atoms with Crippen molar-refractivity contribution in [1.29, 1.82) is 0 Å². The number of anilines is 2. The molecule has 0 radical (unpaired) electrons. The van der Waals surface area contributed by atoms with Crippen LogP contribution in [0.15, 0.2) is 48.7 Å². The van der Waals surface area contributed by atoms with E-state index in [1.807, 2.05) is 36.5 Å². The molecular formula is C18H23N3O. The summed E-state index contributed by atoms with van der Waals surface area (Å²) in [6.45, 7) is 0.805. The first-order valence-electron chi connectivity index (χ1n) is 7.98. The molecule has 1 saturated carbocycles. The van der Waals surface area contributed by atoms with E-state index in [9.17, 15) is 5.11 Å². The molecule has 0 unspecified atom stereocenters. The molecule has 22 heavy (non-hydrogen) atoms. The second kappa shape index (κ2) is 7.27. The van der Waals surface area contributed by atoms with Crippen LogP contribution in [0.2, 0.25) is 0 Å². The first kappa shape index (κ1) is 14.9. The fourth-order valence-corrected chi connectivity index (χ4v) is 2.85. The molecular weight excluding hydrogens is 274 g/mol. The molecule has 116 valence electrons. The molecule has 1 aromatic heterocycles. The molecule has 2 aromatic rings. The van der Waals surface area contributed by atoms with Gasteiger partial charge in [-0.05, 0) is 37.3 Å². The largest absolute Gasteiger partial charge is 0.393 e. The number of benzene rings is 1. The standard InChI is InChI=1S/C18H23N3O/c22-17-8-6-15(7-9-17)21-18-12-16(10-11-19-18)20-13-14-4-2-1-3-5-14/h1-5,10-12,15,17,22H,6-9,13H2,(H2,19,20,21). The summed E-state index contributed by atoms with van der Waals surface area (Å²) >= 11 is 0. The molecule has 1 aliphatic rings. The van der Waals surface area contributed by atoms with Gasteiger partial charge in [0, 0.05) is 30.5 Å². The molecule has 3 rings (SSSR count). The average Bonchev–Trinajstić information content (AvgIpc) is 2.57. The average molecular weight is 297 g/mol. The monoisotopic (exact) mass is 297 g/mol. The zero-order valence-electron chi connectivity index (χ0n) is 12.7. The highest BCUT2D eigenvalue weighted by Gasteiger charge is 2.19. The maximum absolute atomic E-state index is 9.56. The highest BCUT2D eigenvalue weighted by atomic mass is 16.3. The minimum Gasteiger partial charge on any atom is -0.393 e. The van der Waals surface area contributed by atoms with E-state index in [0.717, 1.165) is 43.7 Å². The molecule has 1 aromatic carbocycles. The van der Waals surface area contributed by atoms with E-state index in [-0.39, 0.29) is 6.10 Å². The zero-order chi connectivity index (χ0) is 15.2. The summed E-state index contributed by atoms with van der Waals surface area (Å²) in [5.74, 6) is 0.902. The van der Waals surface area contributed by atoms with Crippen LogP contribution >= 0.6 is 0 Å². The van der Waals surface area contributed by atoms with Crippen LogP contribution in [0.3, 0.4) is 0 Å². The molecule has 0 amide bonds. The normalized spacial score (nSPS) is 21.3. The van der Waals surface area contributed by atoms with Crippen LogP contribution < -0.4 is 10.6 Å². The summed E-state index contributed by atoms with van der Waals surface area (Å²) in [5, 5.41) is 16.5. The third kappa shape index (κ3) is 4.21. The summed E-state index contributed by atoms with van der Waals surface area (Å²) in [4.78, 5) is 4.39. The third-order valence-corrected chi connectivity index (χ3v) is 4.15. The van der Waals surface area contributed by atoms with Crippen molar-refractivity contribution in [3.8, 4) is 0 Å². The number of nitrogens with zero attached hydrogens (tertiary/aromatic N) is 1. The third-order valence-electron chi connectivity index (χ3n) is 4.15. The number of aliphatic hydroxyl groups is 1. The number of nitrogens with one attached hydrogen (secondary N) is 2. The van der Waals surface area contributed by atoms with E-state index in [4.69, 9.17) is 0 Å². The minimum atomic E-state index is -0.120. The van der Waals surface area contributed by atoms with Crippen LogP contribution in [0.1, 0.15) is 31.2 Å². The molecule has 1 heterocycles. The van der Waals surface area contributed by atoms with Crippen molar-refractivity contribution in [3.05, 3.63) is 54.2 Å². The Hall–Kier alpha value is -2.07. The zero-order valence-corrected chi connectivity index (χ0v) is 12.7. The minimum absolute atomic E-state index is 0.120. The Morgan fingerprint density at radius 1 is 1.05 bits per heavy atom. The van der Waals surface area contributed by atoms with E-state index < -0.39 is 0 Å². The van der Waals surface area contributed by atoms with Gasteiger partial charge in [-0.15, -0.1) is 0 Å². The fourth-order valence-electron chi connectivity index (χ4n) is 2.85. The number of aromatic nitrogens is 1. The summed E-state index contributed by atoms with van der Waals surface area (Å²) in [6, 6.07) is 14.8. The summed E-state index contributed by atoms with van der Waals surface area (Å²) in [6.07, 6.45) is 5.47. The van der Waals surface area contributed by atoms with Crippen molar-refractivity contribution >= 4 is 11.5 Å². The number of rotatable bonds is 5. The van der Waals surface area contributed by atoms with Crippen molar-refractivity contribution in [1.82, 2.24) is 4.98 Å². The molecule has 0 bridgehead atoms. The second-order valence-electron chi connectivity index (χ2n) is 5.92. The van der Waals surface area contributed by atoms with Gasteiger partial charge >= 0.3 is 0 Å². The molecule has 1 fully saturated rings. The molecule has 0 aliphatic heterocycles. The molecule has 4 heteroatoms. The van der Waals surface area contributed by atoms with Gasteiger partial charge in [0.1, 0.15) is 5.82 Å².